The Bertz CT molecular complexity index is 677. The van der Waals surface area contributed by atoms with Crippen molar-refractivity contribution in [2.24, 2.45) is 7.05 Å². The van der Waals surface area contributed by atoms with Gasteiger partial charge in [-0.05, 0) is 0 Å². The number of aromatic hydroxyl groups is 1. The van der Waals surface area contributed by atoms with Crippen LogP contribution in [0.1, 0.15) is 0 Å². The highest BCUT2D eigenvalue weighted by atomic mass is 35.5. The highest BCUT2D eigenvalue weighted by Gasteiger charge is 2.35. The molecular weight excluding hydrogens is 274 g/mol. The Morgan fingerprint density at radius 2 is 1.84 bits per heavy atom. The molecule has 2 N–H and O–H groups in total. The lowest BCUT2D eigenvalue weighted by Gasteiger charge is -2.10. The number of pyridine rings is 1. The molecule has 1 aliphatic rings. The number of anilines is 1. The van der Waals surface area contributed by atoms with E-state index in [1.807, 2.05) is 0 Å². The van der Waals surface area contributed by atoms with Crippen molar-refractivity contribution in [1.29, 1.82) is 0 Å². The number of hydrogen-bond acceptors (Lipinski definition) is 5. The van der Waals surface area contributed by atoms with E-state index in [1.54, 1.807) is 0 Å². The first kappa shape index (κ1) is 13.2. The Hall–Kier alpha value is -2.28. The maximum Gasteiger partial charge on any atom is 0.278 e. The molecule has 0 saturated heterocycles. The van der Waals surface area contributed by atoms with Crippen molar-refractivity contribution in [3.63, 3.8) is 0 Å². The zero-order valence-electron chi connectivity index (χ0n) is 10.1. The first-order valence-corrected chi connectivity index (χ1v) is 5.59. The molecule has 7 nitrogen and oxygen atoms in total. The lowest BCUT2D eigenvalue weighted by Crippen LogP contribution is -2.28. The van der Waals surface area contributed by atoms with E-state index in [4.69, 9.17) is 11.6 Å². The zero-order chi connectivity index (χ0) is 14.3. The first-order valence-electron chi connectivity index (χ1n) is 5.21. The monoisotopic (exact) mass is 283 g/mol. The molecule has 1 aliphatic heterocycles. The highest BCUT2D eigenvalue weighted by molar-refractivity contribution is 6.48. The van der Waals surface area contributed by atoms with Crippen molar-refractivity contribution in [3.8, 4) is 5.75 Å². The smallest absolute Gasteiger partial charge is 0.278 e. The Balaban J connectivity index is 2.43. The van der Waals surface area contributed by atoms with E-state index in [1.165, 1.54) is 24.9 Å². The van der Waals surface area contributed by atoms with Crippen LogP contribution < -0.4 is 10.9 Å². The summed E-state index contributed by atoms with van der Waals surface area (Å²) in [5.74, 6) is -1.57. The van der Waals surface area contributed by atoms with E-state index in [0.717, 1.165) is 11.0 Å². The third-order valence-corrected chi connectivity index (χ3v) is 3.05. The lowest BCUT2D eigenvalue weighted by atomic mass is 10.3. The normalized spacial score (nSPS) is 15.4. The molecule has 0 bridgehead atoms. The number of likely N-dealkylation sites (N-methyl/N-ethyl adjacent to an activating group) is 1. The number of hydrogen-bond donors (Lipinski definition) is 2. The van der Waals surface area contributed by atoms with Crippen molar-refractivity contribution in [1.82, 2.24) is 9.47 Å². The fourth-order valence-electron chi connectivity index (χ4n) is 1.57. The number of amides is 2. The molecule has 0 aromatic carbocycles. The van der Waals surface area contributed by atoms with Crippen molar-refractivity contribution in [2.45, 2.75) is 0 Å². The predicted molar refractivity (Wildman–Crippen MR) is 67.6 cm³/mol. The number of aromatic nitrogens is 1. The van der Waals surface area contributed by atoms with Crippen molar-refractivity contribution >= 4 is 29.1 Å². The maximum absolute atomic E-state index is 11.7. The average molecular weight is 284 g/mol. The molecule has 1 aromatic rings. The van der Waals surface area contributed by atoms with Gasteiger partial charge in [0.25, 0.3) is 17.4 Å². The quantitative estimate of drug-likeness (QED) is 0.743. The minimum atomic E-state index is -0.626. The minimum absolute atomic E-state index is 0.103. The van der Waals surface area contributed by atoms with Gasteiger partial charge in [-0.3, -0.25) is 19.3 Å². The molecule has 8 heteroatoms. The van der Waals surface area contributed by atoms with Crippen LogP contribution in [0.3, 0.4) is 0 Å². The molecule has 0 spiro atoms. The van der Waals surface area contributed by atoms with E-state index >= 15 is 0 Å². The number of nitrogens with one attached hydrogen (secondary N) is 1. The summed E-state index contributed by atoms with van der Waals surface area (Å²) in [5, 5.41) is 11.9. The Kier molecular flexibility index (Phi) is 3.07. The van der Waals surface area contributed by atoms with Gasteiger partial charge in [0.2, 0.25) is 0 Å². The average Bonchev–Trinajstić information content (AvgIpc) is 2.53. The minimum Gasteiger partial charge on any atom is -0.506 e. The number of carbonyl (C=O) groups is 2. The number of halogens is 1. The van der Waals surface area contributed by atoms with Crippen molar-refractivity contribution < 1.29 is 14.7 Å². The molecule has 19 heavy (non-hydrogen) atoms. The summed E-state index contributed by atoms with van der Waals surface area (Å²) in [6.45, 7) is 0. The fraction of sp³-hybridized carbons (Fsp3) is 0.182. The topological polar surface area (TPSA) is 91.6 Å². The number of rotatable bonds is 2. The second-order valence-electron chi connectivity index (χ2n) is 4.00. The van der Waals surface area contributed by atoms with Gasteiger partial charge in [0, 0.05) is 26.4 Å². The molecule has 0 unspecified atom stereocenters. The number of nitrogens with zero attached hydrogens (tertiary/aromatic N) is 2. The summed E-state index contributed by atoms with van der Waals surface area (Å²) in [6, 6.07) is 0.988. The third-order valence-electron chi connectivity index (χ3n) is 2.70. The van der Waals surface area contributed by atoms with E-state index in [2.05, 4.69) is 5.32 Å². The van der Waals surface area contributed by atoms with Crippen LogP contribution in [0, 0.1) is 0 Å². The molecule has 1 aromatic heterocycles. The molecule has 2 rings (SSSR count). The van der Waals surface area contributed by atoms with Gasteiger partial charge >= 0.3 is 0 Å². The predicted octanol–water partition coefficient (Wildman–Crippen LogP) is -0.0482. The van der Waals surface area contributed by atoms with Crippen molar-refractivity contribution in [3.05, 3.63) is 33.3 Å². The molecule has 0 fully saturated rings. The van der Waals surface area contributed by atoms with Gasteiger partial charge in [-0.2, -0.15) is 0 Å². The highest BCUT2D eigenvalue weighted by Crippen LogP contribution is 2.27. The number of carbonyl (C=O) groups excluding carboxylic acids is 2. The van der Waals surface area contributed by atoms with Crippen LogP contribution in [0.25, 0.3) is 0 Å². The summed E-state index contributed by atoms with van der Waals surface area (Å²) in [6.07, 6.45) is 1.30. The van der Waals surface area contributed by atoms with Gasteiger partial charge in [0.05, 0.1) is 5.69 Å². The molecule has 2 heterocycles. The van der Waals surface area contributed by atoms with Crippen LogP contribution in [-0.2, 0) is 16.6 Å². The van der Waals surface area contributed by atoms with Crippen LogP contribution in [0.2, 0.25) is 0 Å². The van der Waals surface area contributed by atoms with Gasteiger partial charge in [-0.1, -0.05) is 11.6 Å². The molecule has 0 radical (unpaired) electrons. The molecule has 100 valence electrons. The summed E-state index contributed by atoms with van der Waals surface area (Å²) < 4.78 is 1.21. The first-order chi connectivity index (χ1) is 8.82. The van der Waals surface area contributed by atoms with E-state index in [0.29, 0.717) is 0 Å². The molecule has 2 amide bonds. The second kappa shape index (κ2) is 4.43. The molecule has 0 atom stereocenters. The summed E-state index contributed by atoms with van der Waals surface area (Å²) in [7, 11) is 2.78. The van der Waals surface area contributed by atoms with Gasteiger partial charge in [-0.15, -0.1) is 0 Å². The van der Waals surface area contributed by atoms with Crippen LogP contribution in [-0.4, -0.2) is 33.4 Å². The maximum atomic E-state index is 11.7. The molecule has 0 saturated carbocycles. The van der Waals surface area contributed by atoms with E-state index in [9.17, 15) is 19.5 Å². The Morgan fingerprint density at radius 1 is 1.21 bits per heavy atom. The molecule has 0 aliphatic carbocycles. The van der Waals surface area contributed by atoms with Gasteiger partial charge in [0.1, 0.15) is 16.5 Å². The van der Waals surface area contributed by atoms with E-state index in [-0.39, 0.29) is 22.2 Å². The van der Waals surface area contributed by atoms with Gasteiger partial charge in [0.15, 0.2) is 0 Å². The van der Waals surface area contributed by atoms with Crippen LogP contribution in [0.15, 0.2) is 27.8 Å². The summed E-state index contributed by atoms with van der Waals surface area (Å²) in [5.41, 5.74) is -0.441. The fourth-order valence-corrected chi connectivity index (χ4v) is 1.82. The largest absolute Gasteiger partial charge is 0.506 e. The lowest BCUT2D eigenvalue weighted by molar-refractivity contribution is -0.135. The van der Waals surface area contributed by atoms with Gasteiger partial charge in [-0.25, -0.2) is 0 Å². The number of imide groups is 1. The summed E-state index contributed by atoms with van der Waals surface area (Å²) in [4.78, 5) is 35.3. The van der Waals surface area contributed by atoms with E-state index < -0.39 is 17.4 Å². The SMILES string of the molecule is CN1C(=O)C(Cl)=C(Nc2cn(C)c(=O)cc2O)C1=O. The Morgan fingerprint density at radius 3 is 2.37 bits per heavy atom. The number of aryl methyl sites for hydroxylation is 1. The summed E-state index contributed by atoms with van der Waals surface area (Å²) >= 11 is 5.75. The van der Waals surface area contributed by atoms with Crippen LogP contribution >= 0.6 is 11.6 Å². The van der Waals surface area contributed by atoms with Crippen LogP contribution in [0.5, 0.6) is 5.75 Å². The van der Waals surface area contributed by atoms with Gasteiger partial charge < -0.3 is 15.0 Å². The second-order valence-corrected chi connectivity index (χ2v) is 4.38. The third kappa shape index (κ3) is 2.08. The Labute approximate surface area is 112 Å². The van der Waals surface area contributed by atoms with Crippen molar-refractivity contribution in [2.75, 3.05) is 12.4 Å². The standard InChI is InChI=1S/C11H10ClN3O4/c1-14-4-5(6(16)3-7(14)17)13-9-8(12)10(18)15(2)11(9)19/h3-4,13,16H,1-2H3. The zero-order valence-corrected chi connectivity index (χ0v) is 10.9. The van der Waals surface area contributed by atoms with Crippen LogP contribution in [0.4, 0.5) is 5.69 Å². The molecular formula is C11H10ClN3O4.